The molecule has 0 aliphatic carbocycles. The van der Waals surface area contributed by atoms with Crippen LogP contribution >= 0.6 is 0 Å². The molecule has 2 atom stereocenters. The predicted octanol–water partition coefficient (Wildman–Crippen LogP) is 3.05. The van der Waals surface area contributed by atoms with E-state index in [2.05, 4.69) is 0 Å². The molecule has 2 fully saturated rings. The van der Waals surface area contributed by atoms with E-state index in [0.717, 1.165) is 23.4 Å². The molecule has 2 saturated heterocycles. The van der Waals surface area contributed by atoms with Gasteiger partial charge in [0.1, 0.15) is 18.3 Å². The number of amides is 3. The number of hydrogen-bond acceptors (Lipinski definition) is 8. The van der Waals surface area contributed by atoms with Gasteiger partial charge in [-0.05, 0) is 67.9 Å². The summed E-state index contributed by atoms with van der Waals surface area (Å²) in [6.07, 6.45) is 3.35. The molecule has 4 rings (SSSR count). The van der Waals surface area contributed by atoms with E-state index in [1.54, 1.807) is 9.80 Å². The molecule has 0 saturated carbocycles. The number of hydrazine groups is 1. The lowest BCUT2D eigenvalue weighted by Gasteiger charge is -2.35. The number of carboxylic acids is 1. The van der Waals surface area contributed by atoms with Crippen LogP contribution in [0.4, 0.5) is 4.79 Å². The summed E-state index contributed by atoms with van der Waals surface area (Å²) in [5, 5.41) is 19.9. The van der Waals surface area contributed by atoms with E-state index < -0.39 is 36.0 Å². The Morgan fingerprint density at radius 3 is 2.27 bits per heavy atom. The van der Waals surface area contributed by atoms with Gasteiger partial charge in [-0.2, -0.15) is 0 Å². The van der Waals surface area contributed by atoms with E-state index in [1.807, 2.05) is 30.3 Å². The molecule has 4 N–H and O–H groups in total. The van der Waals surface area contributed by atoms with E-state index in [0.29, 0.717) is 51.2 Å². The second-order valence-electron chi connectivity index (χ2n) is 11.5. The van der Waals surface area contributed by atoms with Crippen LogP contribution in [0.2, 0.25) is 0 Å². The third kappa shape index (κ3) is 8.79. The monoisotopic (exact) mass is 608 g/mol. The van der Waals surface area contributed by atoms with Gasteiger partial charge < -0.3 is 24.7 Å². The third-order valence-corrected chi connectivity index (χ3v) is 8.40. The van der Waals surface area contributed by atoms with E-state index in [-0.39, 0.29) is 36.5 Å². The summed E-state index contributed by atoms with van der Waals surface area (Å²) in [6, 6.07) is 14.7. The van der Waals surface area contributed by atoms with Gasteiger partial charge in [0, 0.05) is 38.2 Å². The number of hydrogen-bond donors (Lipinski definition) is 3. The van der Waals surface area contributed by atoms with Crippen LogP contribution in [0.15, 0.2) is 54.6 Å². The number of carbonyl (C=O) groups is 5. The van der Waals surface area contributed by atoms with Crippen molar-refractivity contribution in [3.63, 3.8) is 0 Å². The molecule has 2 aliphatic rings. The highest BCUT2D eigenvalue weighted by Gasteiger charge is 2.35. The first kappa shape index (κ1) is 32.5. The normalized spacial score (nSPS) is 17.9. The fourth-order valence-electron chi connectivity index (χ4n) is 5.73. The van der Waals surface area contributed by atoms with Gasteiger partial charge in [-0.3, -0.25) is 24.2 Å². The van der Waals surface area contributed by atoms with Crippen molar-refractivity contribution in [1.82, 2.24) is 14.8 Å². The maximum Gasteiger partial charge on any atom is 0.410 e. The number of rotatable bonds is 11. The lowest BCUT2D eigenvalue weighted by Crippen LogP contribution is -2.51. The summed E-state index contributed by atoms with van der Waals surface area (Å²) in [5.74, 6) is 1.33. The van der Waals surface area contributed by atoms with Gasteiger partial charge >= 0.3 is 12.1 Å². The molecule has 236 valence electrons. The summed E-state index contributed by atoms with van der Waals surface area (Å²) in [6.45, 7) is 1.57. The molecule has 44 heavy (non-hydrogen) atoms. The molecule has 2 aromatic carbocycles. The number of aliphatic carboxylic acids is 1. The maximum absolute atomic E-state index is 13.1. The fourth-order valence-corrected chi connectivity index (χ4v) is 5.73. The zero-order valence-corrected chi connectivity index (χ0v) is 24.7. The SMILES string of the molecule is NN(C[C@H](C(=O)O)C(=O)c1ccc(O)cc1)C(=O)[C@@H]1CCCN(C(=O)CCC2CCN(C(=O)OCc3ccccc3)CC2)C1. The largest absolute Gasteiger partial charge is 0.508 e. The molecule has 2 aliphatic heterocycles. The number of piperidine rings is 2. The minimum Gasteiger partial charge on any atom is -0.508 e. The van der Waals surface area contributed by atoms with E-state index in [4.69, 9.17) is 10.6 Å². The fraction of sp³-hybridized carbons (Fsp3) is 0.469. The number of likely N-dealkylation sites (tertiary alicyclic amines) is 2. The number of phenolic OH excluding ortho intramolecular Hbond substituents is 1. The van der Waals surface area contributed by atoms with Crippen molar-refractivity contribution in [2.24, 2.45) is 23.6 Å². The van der Waals surface area contributed by atoms with Crippen LogP contribution in [0.1, 0.15) is 54.4 Å². The molecular formula is C32H40N4O8. The lowest BCUT2D eigenvalue weighted by atomic mass is 9.91. The van der Waals surface area contributed by atoms with Crippen molar-refractivity contribution in [3.8, 4) is 5.75 Å². The second-order valence-corrected chi connectivity index (χ2v) is 11.5. The highest BCUT2D eigenvalue weighted by Crippen LogP contribution is 2.25. The first-order valence-corrected chi connectivity index (χ1v) is 15.0. The van der Waals surface area contributed by atoms with Crippen LogP contribution in [0, 0.1) is 17.8 Å². The Kier molecular flexibility index (Phi) is 11.3. The number of nitrogens with zero attached hydrogens (tertiary/aromatic N) is 3. The standard InChI is InChI=1S/C32H40N4O8/c33-36(20-27(31(41)42)29(39)24-9-11-26(37)12-10-24)30(40)25-7-4-16-35(19-25)28(38)13-8-22-14-17-34(18-15-22)32(43)44-21-23-5-2-1-3-6-23/h1-3,5-6,9-12,22,25,27,37H,4,7-8,13-21,33H2,(H,41,42)/t25-,27+/m1/s1. The number of benzene rings is 2. The molecular weight excluding hydrogens is 568 g/mol. The smallest absolute Gasteiger partial charge is 0.410 e. The molecule has 0 unspecified atom stereocenters. The zero-order chi connectivity index (χ0) is 31.6. The Balaban J connectivity index is 1.20. The number of aromatic hydroxyl groups is 1. The van der Waals surface area contributed by atoms with Gasteiger partial charge in [-0.15, -0.1) is 0 Å². The molecule has 12 nitrogen and oxygen atoms in total. The highest BCUT2D eigenvalue weighted by atomic mass is 16.6. The number of phenols is 1. The molecule has 0 radical (unpaired) electrons. The van der Waals surface area contributed by atoms with Gasteiger partial charge in [-0.25, -0.2) is 10.6 Å². The summed E-state index contributed by atoms with van der Waals surface area (Å²) >= 11 is 0. The van der Waals surface area contributed by atoms with Crippen LogP contribution in [0.25, 0.3) is 0 Å². The maximum atomic E-state index is 13.1. The third-order valence-electron chi connectivity index (χ3n) is 8.40. The van der Waals surface area contributed by atoms with Crippen molar-refractivity contribution in [2.75, 3.05) is 32.7 Å². The number of ether oxygens (including phenoxy) is 1. The predicted molar refractivity (Wildman–Crippen MR) is 159 cm³/mol. The van der Waals surface area contributed by atoms with Crippen LogP contribution in [0.3, 0.4) is 0 Å². The van der Waals surface area contributed by atoms with Crippen LogP contribution in [-0.2, 0) is 25.7 Å². The van der Waals surface area contributed by atoms with Gasteiger partial charge in [0.25, 0.3) is 0 Å². The Labute approximate surface area is 256 Å². The van der Waals surface area contributed by atoms with E-state index >= 15 is 0 Å². The van der Waals surface area contributed by atoms with Crippen molar-refractivity contribution in [1.29, 1.82) is 0 Å². The Morgan fingerprint density at radius 1 is 0.932 bits per heavy atom. The number of ketones is 1. The van der Waals surface area contributed by atoms with Crippen molar-refractivity contribution >= 4 is 29.7 Å². The first-order valence-electron chi connectivity index (χ1n) is 15.0. The minimum absolute atomic E-state index is 0.0540. The van der Waals surface area contributed by atoms with Crippen molar-refractivity contribution in [3.05, 3.63) is 65.7 Å². The van der Waals surface area contributed by atoms with Crippen molar-refractivity contribution < 1.29 is 38.9 Å². The van der Waals surface area contributed by atoms with Crippen LogP contribution in [0.5, 0.6) is 5.75 Å². The second kappa shape index (κ2) is 15.3. The zero-order valence-electron chi connectivity index (χ0n) is 24.7. The van der Waals surface area contributed by atoms with Crippen LogP contribution in [-0.4, -0.2) is 87.4 Å². The molecule has 2 aromatic rings. The minimum atomic E-state index is -1.58. The van der Waals surface area contributed by atoms with Gasteiger partial charge in [-0.1, -0.05) is 30.3 Å². The van der Waals surface area contributed by atoms with E-state index in [9.17, 15) is 34.2 Å². The quantitative estimate of drug-likeness (QED) is 0.114. The van der Waals surface area contributed by atoms with E-state index in [1.165, 1.54) is 24.3 Å². The number of carbonyl (C=O) groups excluding carboxylic acids is 4. The summed E-state index contributed by atoms with van der Waals surface area (Å²) in [7, 11) is 0. The molecule has 3 amide bonds. The summed E-state index contributed by atoms with van der Waals surface area (Å²) < 4.78 is 5.43. The first-order chi connectivity index (χ1) is 21.1. The average molecular weight is 609 g/mol. The Hall–Kier alpha value is -4.45. The highest BCUT2D eigenvalue weighted by molar-refractivity contribution is 6.08. The number of nitrogens with two attached hydrogens (primary N) is 1. The van der Waals surface area contributed by atoms with Gasteiger partial charge in [0.05, 0.1) is 12.5 Å². The molecule has 0 aromatic heterocycles. The molecule has 2 heterocycles. The number of carboxylic acid groups (broad SMARTS) is 1. The van der Waals surface area contributed by atoms with Gasteiger partial charge in [0.2, 0.25) is 11.8 Å². The summed E-state index contributed by atoms with van der Waals surface area (Å²) in [4.78, 5) is 66.6. The van der Waals surface area contributed by atoms with Crippen LogP contribution < -0.4 is 5.84 Å². The Bertz CT molecular complexity index is 1310. The molecule has 12 heteroatoms. The van der Waals surface area contributed by atoms with Crippen molar-refractivity contribution in [2.45, 2.75) is 45.1 Å². The topological polar surface area (TPSA) is 171 Å². The average Bonchev–Trinajstić information content (AvgIpc) is 3.05. The lowest BCUT2D eigenvalue weighted by molar-refractivity contribution is -0.144. The molecule has 0 bridgehead atoms. The summed E-state index contributed by atoms with van der Waals surface area (Å²) in [5.41, 5.74) is 1.01. The van der Waals surface area contributed by atoms with Gasteiger partial charge in [0.15, 0.2) is 5.78 Å². The Morgan fingerprint density at radius 2 is 1.61 bits per heavy atom. The number of Topliss-reactive ketones (excluding diaryl/α,β-unsaturated/α-hetero) is 1. The molecule has 0 spiro atoms.